The van der Waals surface area contributed by atoms with Gasteiger partial charge < -0.3 is 10.2 Å². The van der Waals surface area contributed by atoms with Gasteiger partial charge in [-0.1, -0.05) is 30.3 Å². The van der Waals surface area contributed by atoms with Gasteiger partial charge in [-0.2, -0.15) is 0 Å². The Morgan fingerprint density at radius 3 is 2.50 bits per heavy atom. The van der Waals surface area contributed by atoms with Crippen molar-refractivity contribution >= 4 is 17.0 Å². The number of fused-ring (bicyclic) bond motifs is 1. The molecule has 3 aromatic rings. The van der Waals surface area contributed by atoms with Crippen LogP contribution in [-0.2, 0) is 0 Å². The summed E-state index contributed by atoms with van der Waals surface area (Å²) < 4.78 is 0. The minimum absolute atomic E-state index is 0.178. The standard InChI is InChI=1S/C15H10N2O3/c18-12-7-6-10-14(13(12)15(19)20)16-8-11(17-10)9-4-2-1-3-5-9/h1-8,18H,(H,19,20). The summed E-state index contributed by atoms with van der Waals surface area (Å²) in [6.07, 6.45) is 1.50. The van der Waals surface area contributed by atoms with E-state index in [4.69, 9.17) is 5.11 Å². The van der Waals surface area contributed by atoms with E-state index in [1.165, 1.54) is 12.3 Å². The van der Waals surface area contributed by atoms with Gasteiger partial charge in [0.25, 0.3) is 0 Å². The molecule has 5 heteroatoms. The largest absolute Gasteiger partial charge is 0.507 e. The van der Waals surface area contributed by atoms with Crippen molar-refractivity contribution in [1.82, 2.24) is 9.97 Å². The summed E-state index contributed by atoms with van der Waals surface area (Å²) >= 11 is 0. The maximum Gasteiger partial charge on any atom is 0.341 e. The molecular formula is C15H10N2O3. The number of rotatable bonds is 2. The van der Waals surface area contributed by atoms with E-state index in [-0.39, 0.29) is 16.8 Å². The average Bonchev–Trinajstić information content (AvgIpc) is 2.47. The Morgan fingerprint density at radius 1 is 1.05 bits per heavy atom. The number of hydrogen-bond acceptors (Lipinski definition) is 4. The molecule has 0 aliphatic heterocycles. The predicted octanol–water partition coefficient (Wildman–Crippen LogP) is 2.70. The van der Waals surface area contributed by atoms with E-state index in [0.717, 1.165) is 5.56 Å². The zero-order valence-electron chi connectivity index (χ0n) is 10.3. The minimum atomic E-state index is -1.23. The maximum atomic E-state index is 11.2. The number of aromatic nitrogens is 2. The maximum absolute atomic E-state index is 11.2. The topological polar surface area (TPSA) is 83.3 Å². The average molecular weight is 266 g/mol. The van der Waals surface area contributed by atoms with Crippen molar-refractivity contribution in [2.24, 2.45) is 0 Å². The van der Waals surface area contributed by atoms with Gasteiger partial charge in [0.05, 0.1) is 17.4 Å². The molecule has 0 unspecified atom stereocenters. The van der Waals surface area contributed by atoms with Gasteiger partial charge in [0, 0.05) is 5.56 Å². The monoisotopic (exact) mass is 266 g/mol. The number of carboxylic acids is 1. The zero-order chi connectivity index (χ0) is 14.1. The SMILES string of the molecule is O=C(O)c1c(O)ccc2nc(-c3ccccc3)cnc12. The van der Waals surface area contributed by atoms with E-state index in [1.54, 1.807) is 6.07 Å². The summed E-state index contributed by atoms with van der Waals surface area (Å²) in [5.41, 5.74) is 1.93. The molecule has 1 heterocycles. The normalized spacial score (nSPS) is 10.6. The van der Waals surface area contributed by atoms with Crippen LogP contribution in [0.2, 0.25) is 0 Å². The van der Waals surface area contributed by atoms with Gasteiger partial charge in [0.2, 0.25) is 0 Å². The number of benzene rings is 2. The summed E-state index contributed by atoms with van der Waals surface area (Å²) in [5.74, 6) is -1.54. The van der Waals surface area contributed by atoms with Gasteiger partial charge in [-0.3, -0.25) is 4.98 Å². The molecule has 2 N–H and O–H groups in total. The van der Waals surface area contributed by atoms with E-state index in [2.05, 4.69) is 9.97 Å². The van der Waals surface area contributed by atoms with Crippen molar-refractivity contribution in [3.05, 3.63) is 54.2 Å². The second kappa shape index (κ2) is 4.62. The molecule has 0 radical (unpaired) electrons. The van der Waals surface area contributed by atoms with Crippen molar-refractivity contribution in [1.29, 1.82) is 0 Å². The van der Waals surface area contributed by atoms with Gasteiger partial charge in [0.15, 0.2) is 0 Å². The van der Waals surface area contributed by atoms with E-state index in [0.29, 0.717) is 11.2 Å². The first kappa shape index (κ1) is 12.1. The fourth-order valence-electron chi connectivity index (χ4n) is 2.03. The van der Waals surface area contributed by atoms with Crippen molar-refractivity contribution in [3.63, 3.8) is 0 Å². The van der Waals surface area contributed by atoms with Gasteiger partial charge in [-0.05, 0) is 12.1 Å². The molecule has 0 amide bonds. The Kier molecular flexibility index (Phi) is 2.80. The lowest BCUT2D eigenvalue weighted by Gasteiger charge is -2.06. The zero-order valence-corrected chi connectivity index (χ0v) is 10.3. The third kappa shape index (κ3) is 1.95. The Bertz CT molecular complexity index is 801. The number of nitrogens with zero attached hydrogens (tertiary/aromatic N) is 2. The highest BCUT2D eigenvalue weighted by Gasteiger charge is 2.16. The van der Waals surface area contributed by atoms with Crippen LogP contribution >= 0.6 is 0 Å². The van der Waals surface area contributed by atoms with Crippen LogP contribution < -0.4 is 0 Å². The van der Waals surface area contributed by atoms with E-state index in [1.807, 2.05) is 30.3 Å². The summed E-state index contributed by atoms with van der Waals surface area (Å²) in [4.78, 5) is 19.7. The van der Waals surface area contributed by atoms with Crippen molar-refractivity contribution in [2.75, 3.05) is 0 Å². The van der Waals surface area contributed by atoms with Gasteiger partial charge in [-0.15, -0.1) is 0 Å². The summed E-state index contributed by atoms with van der Waals surface area (Å²) in [7, 11) is 0. The van der Waals surface area contributed by atoms with Crippen LogP contribution in [0.25, 0.3) is 22.3 Å². The van der Waals surface area contributed by atoms with E-state index < -0.39 is 5.97 Å². The highest BCUT2D eigenvalue weighted by atomic mass is 16.4. The molecule has 98 valence electrons. The molecule has 20 heavy (non-hydrogen) atoms. The fourth-order valence-corrected chi connectivity index (χ4v) is 2.03. The first-order valence-corrected chi connectivity index (χ1v) is 5.94. The molecule has 0 aliphatic carbocycles. The number of phenols is 1. The quantitative estimate of drug-likeness (QED) is 0.745. The lowest BCUT2D eigenvalue weighted by molar-refractivity contribution is 0.0696. The van der Waals surface area contributed by atoms with Gasteiger partial charge in [0.1, 0.15) is 16.8 Å². The third-order valence-electron chi connectivity index (χ3n) is 2.97. The van der Waals surface area contributed by atoms with Crippen LogP contribution in [-0.4, -0.2) is 26.2 Å². The second-order valence-corrected chi connectivity index (χ2v) is 4.25. The predicted molar refractivity (Wildman–Crippen MR) is 73.6 cm³/mol. The van der Waals surface area contributed by atoms with Gasteiger partial charge >= 0.3 is 5.97 Å². The molecule has 0 saturated carbocycles. The molecule has 2 aromatic carbocycles. The first-order chi connectivity index (χ1) is 9.66. The Morgan fingerprint density at radius 2 is 1.80 bits per heavy atom. The lowest BCUT2D eigenvalue weighted by Crippen LogP contribution is -2.01. The summed E-state index contributed by atoms with van der Waals surface area (Å²) in [6, 6.07) is 12.3. The van der Waals surface area contributed by atoms with Gasteiger partial charge in [-0.25, -0.2) is 9.78 Å². The number of aromatic carboxylic acids is 1. The Labute approximate surface area is 114 Å². The molecule has 0 saturated heterocycles. The number of carboxylic acid groups (broad SMARTS) is 1. The molecule has 1 aromatic heterocycles. The highest BCUT2D eigenvalue weighted by Crippen LogP contribution is 2.26. The molecule has 0 bridgehead atoms. The molecular weight excluding hydrogens is 256 g/mol. The van der Waals surface area contributed by atoms with Crippen molar-refractivity contribution in [2.45, 2.75) is 0 Å². The Hall–Kier alpha value is -2.95. The van der Waals surface area contributed by atoms with Crippen LogP contribution in [0.5, 0.6) is 5.75 Å². The molecule has 0 atom stereocenters. The van der Waals surface area contributed by atoms with Crippen LogP contribution in [0.3, 0.4) is 0 Å². The molecule has 3 rings (SSSR count). The lowest BCUT2D eigenvalue weighted by atomic mass is 10.1. The summed E-state index contributed by atoms with van der Waals surface area (Å²) in [6.45, 7) is 0. The van der Waals surface area contributed by atoms with Crippen LogP contribution in [0.1, 0.15) is 10.4 Å². The fraction of sp³-hybridized carbons (Fsp3) is 0. The van der Waals surface area contributed by atoms with Crippen LogP contribution in [0.4, 0.5) is 0 Å². The Balaban J connectivity index is 2.24. The van der Waals surface area contributed by atoms with E-state index in [9.17, 15) is 9.90 Å². The number of carbonyl (C=O) groups is 1. The molecule has 0 aliphatic rings. The molecule has 0 spiro atoms. The molecule has 5 nitrogen and oxygen atoms in total. The van der Waals surface area contributed by atoms with Crippen LogP contribution in [0, 0.1) is 0 Å². The molecule has 0 fully saturated rings. The third-order valence-corrected chi connectivity index (χ3v) is 2.97. The van der Waals surface area contributed by atoms with Crippen LogP contribution in [0.15, 0.2) is 48.7 Å². The minimum Gasteiger partial charge on any atom is -0.507 e. The highest BCUT2D eigenvalue weighted by molar-refractivity contribution is 6.03. The van der Waals surface area contributed by atoms with Crippen molar-refractivity contribution in [3.8, 4) is 17.0 Å². The summed E-state index contributed by atoms with van der Waals surface area (Å²) in [5, 5.41) is 18.7. The second-order valence-electron chi connectivity index (χ2n) is 4.25. The number of hydrogen-bond donors (Lipinski definition) is 2. The van der Waals surface area contributed by atoms with Crippen molar-refractivity contribution < 1.29 is 15.0 Å². The number of aromatic hydroxyl groups is 1. The smallest absolute Gasteiger partial charge is 0.341 e. The first-order valence-electron chi connectivity index (χ1n) is 5.94. The van der Waals surface area contributed by atoms with E-state index >= 15 is 0 Å².